The van der Waals surface area contributed by atoms with Crippen LogP contribution in [0.15, 0.2) is 84.1 Å². The SMILES string of the molecule is O=C(CSc1ncc(-c2ccccc2)[nH]1)c1ccc2ccccc2c1. The number of aromatic amines is 1. The Morgan fingerprint density at radius 3 is 2.52 bits per heavy atom. The van der Waals surface area contributed by atoms with Gasteiger partial charge in [-0.15, -0.1) is 0 Å². The fourth-order valence-corrected chi connectivity index (χ4v) is 3.46. The van der Waals surface area contributed by atoms with Crippen LogP contribution in [-0.2, 0) is 0 Å². The lowest BCUT2D eigenvalue weighted by Crippen LogP contribution is -2.02. The number of hydrogen-bond acceptors (Lipinski definition) is 3. The topological polar surface area (TPSA) is 45.8 Å². The summed E-state index contributed by atoms with van der Waals surface area (Å²) in [5.41, 5.74) is 2.78. The quantitative estimate of drug-likeness (QED) is 0.399. The van der Waals surface area contributed by atoms with E-state index in [2.05, 4.69) is 9.97 Å². The summed E-state index contributed by atoms with van der Waals surface area (Å²) in [5.74, 6) is 0.466. The molecule has 4 aromatic rings. The number of carbonyl (C=O) groups is 1. The van der Waals surface area contributed by atoms with E-state index in [0.717, 1.165) is 32.7 Å². The molecule has 0 fully saturated rings. The first-order chi connectivity index (χ1) is 12.3. The van der Waals surface area contributed by atoms with E-state index in [1.54, 1.807) is 6.20 Å². The number of nitrogens with zero attached hydrogens (tertiary/aromatic N) is 1. The number of thioether (sulfide) groups is 1. The van der Waals surface area contributed by atoms with Gasteiger partial charge < -0.3 is 4.98 Å². The van der Waals surface area contributed by atoms with Gasteiger partial charge in [0.15, 0.2) is 10.9 Å². The number of imidazole rings is 1. The average molecular weight is 344 g/mol. The van der Waals surface area contributed by atoms with E-state index in [1.807, 2.05) is 72.8 Å². The number of Topliss-reactive ketones (excluding diaryl/α,β-unsaturated/α-hetero) is 1. The van der Waals surface area contributed by atoms with Crippen LogP contribution in [0.3, 0.4) is 0 Å². The average Bonchev–Trinajstić information content (AvgIpc) is 3.15. The molecule has 0 atom stereocenters. The van der Waals surface area contributed by atoms with Crippen molar-refractivity contribution < 1.29 is 4.79 Å². The van der Waals surface area contributed by atoms with Gasteiger partial charge in [-0.25, -0.2) is 4.98 Å². The van der Waals surface area contributed by atoms with Crippen molar-refractivity contribution in [1.82, 2.24) is 9.97 Å². The lowest BCUT2D eigenvalue weighted by atomic mass is 10.1. The van der Waals surface area contributed by atoms with Gasteiger partial charge in [0.25, 0.3) is 0 Å². The van der Waals surface area contributed by atoms with Crippen molar-refractivity contribution in [3.8, 4) is 11.3 Å². The standard InChI is InChI=1S/C21H16N2OS/c24-20(18-11-10-15-6-4-5-9-17(15)12-18)14-25-21-22-13-19(23-21)16-7-2-1-3-8-16/h1-13H,14H2,(H,22,23). The number of nitrogens with one attached hydrogen (secondary N) is 1. The van der Waals surface area contributed by atoms with Crippen LogP contribution < -0.4 is 0 Å². The molecule has 4 heteroatoms. The van der Waals surface area contributed by atoms with Crippen LogP contribution in [-0.4, -0.2) is 21.5 Å². The van der Waals surface area contributed by atoms with E-state index in [4.69, 9.17) is 0 Å². The van der Waals surface area contributed by atoms with Crippen molar-refractivity contribution in [2.24, 2.45) is 0 Å². The van der Waals surface area contributed by atoms with Crippen molar-refractivity contribution in [2.75, 3.05) is 5.75 Å². The number of fused-ring (bicyclic) bond motifs is 1. The summed E-state index contributed by atoms with van der Waals surface area (Å²) in [6.07, 6.45) is 1.80. The molecule has 122 valence electrons. The zero-order valence-corrected chi connectivity index (χ0v) is 14.3. The van der Waals surface area contributed by atoms with Crippen molar-refractivity contribution >= 4 is 28.3 Å². The largest absolute Gasteiger partial charge is 0.333 e. The fourth-order valence-electron chi connectivity index (χ4n) is 2.72. The Labute approximate surface area is 150 Å². The second kappa shape index (κ2) is 6.95. The van der Waals surface area contributed by atoms with E-state index in [9.17, 15) is 4.79 Å². The number of aromatic nitrogens is 2. The molecule has 4 rings (SSSR count). The van der Waals surface area contributed by atoms with Gasteiger partial charge in [0.2, 0.25) is 0 Å². The number of rotatable bonds is 5. The van der Waals surface area contributed by atoms with Gasteiger partial charge in [-0.1, -0.05) is 78.5 Å². The molecule has 1 heterocycles. The molecule has 0 bridgehead atoms. The maximum absolute atomic E-state index is 12.5. The zero-order chi connectivity index (χ0) is 17.1. The summed E-state index contributed by atoms with van der Waals surface area (Å²) >= 11 is 1.43. The number of ketones is 1. The molecular weight excluding hydrogens is 328 g/mol. The van der Waals surface area contributed by atoms with Crippen molar-refractivity contribution in [1.29, 1.82) is 0 Å². The minimum atomic E-state index is 0.105. The van der Waals surface area contributed by atoms with Gasteiger partial charge in [-0.2, -0.15) is 0 Å². The highest BCUT2D eigenvalue weighted by molar-refractivity contribution is 7.99. The second-order valence-electron chi connectivity index (χ2n) is 5.74. The highest BCUT2D eigenvalue weighted by atomic mass is 32.2. The maximum atomic E-state index is 12.5. The molecule has 0 aliphatic carbocycles. The maximum Gasteiger partial charge on any atom is 0.173 e. The third kappa shape index (κ3) is 3.49. The monoisotopic (exact) mass is 344 g/mol. The van der Waals surface area contributed by atoms with Crippen LogP contribution in [0.25, 0.3) is 22.0 Å². The molecular formula is C21H16N2OS. The molecule has 3 nitrogen and oxygen atoms in total. The van der Waals surface area contributed by atoms with Crippen LogP contribution in [0.1, 0.15) is 10.4 Å². The number of hydrogen-bond donors (Lipinski definition) is 1. The highest BCUT2D eigenvalue weighted by Crippen LogP contribution is 2.23. The molecule has 0 aliphatic rings. The molecule has 0 aliphatic heterocycles. The summed E-state index contributed by atoms with van der Waals surface area (Å²) in [5, 5.41) is 2.99. The van der Waals surface area contributed by atoms with Crippen molar-refractivity contribution in [3.05, 3.63) is 84.6 Å². The molecule has 1 aromatic heterocycles. The van der Waals surface area contributed by atoms with Gasteiger partial charge in [0, 0.05) is 5.56 Å². The summed E-state index contributed by atoms with van der Waals surface area (Å²) < 4.78 is 0. The van der Waals surface area contributed by atoms with Crippen LogP contribution in [0.5, 0.6) is 0 Å². The third-order valence-corrected chi connectivity index (χ3v) is 4.94. The predicted octanol–water partition coefficient (Wildman–Crippen LogP) is 5.20. The molecule has 0 spiro atoms. The van der Waals surface area contributed by atoms with Gasteiger partial charge in [-0.3, -0.25) is 4.79 Å². The molecule has 0 saturated heterocycles. The normalized spacial score (nSPS) is 10.9. The van der Waals surface area contributed by atoms with Gasteiger partial charge in [0.05, 0.1) is 17.6 Å². The highest BCUT2D eigenvalue weighted by Gasteiger charge is 2.10. The molecule has 0 amide bonds. The first kappa shape index (κ1) is 15.7. The Morgan fingerprint density at radius 2 is 1.68 bits per heavy atom. The fraction of sp³-hybridized carbons (Fsp3) is 0.0476. The first-order valence-electron chi connectivity index (χ1n) is 8.05. The van der Waals surface area contributed by atoms with E-state index in [1.165, 1.54) is 11.8 Å². The van der Waals surface area contributed by atoms with Gasteiger partial charge in [-0.05, 0) is 22.4 Å². The Hall–Kier alpha value is -2.85. The van der Waals surface area contributed by atoms with Gasteiger partial charge >= 0.3 is 0 Å². The van der Waals surface area contributed by atoms with E-state index < -0.39 is 0 Å². The van der Waals surface area contributed by atoms with E-state index in [0.29, 0.717) is 5.75 Å². The van der Waals surface area contributed by atoms with Crippen LogP contribution in [0.4, 0.5) is 0 Å². The number of carbonyl (C=O) groups excluding carboxylic acids is 1. The van der Waals surface area contributed by atoms with E-state index in [-0.39, 0.29) is 5.78 Å². The molecule has 25 heavy (non-hydrogen) atoms. The number of benzene rings is 3. The lowest BCUT2D eigenvalue weighted by molar-refractivity contribution is 0.102. The molecule has 0 saturated carbocycles. The molecule has 0 radical (unpaired) electrons. The Balaban J connectivity index is 1.45. The number of H-pyrrole nitrogens is 1. The Morgan fingerprint density at radius 1 is 0.920 bits per heavy atom. The molecule has 3 aromatic carbocycles. The predicted molar refractivity (Wildman–Crippen MR) is 103 cm³/mol. The summed E-state index contributed by atoms with van der Waals surface area (Å²) in [6, 6.07) is 23.9. The van der Waals surface area contributed by atoms with E-state index >= 15 is 0 Å². The third-order valence-electron chi connectivity index (χ3n) is 4.05. The minimum absolute atomic E-state index is 0.105. The summed E-state index contributed by atoms with van der Waals surface area (Å²) in [6.45, 7) is 0. The summed E-state index contributed by atoms with van der Waals surface area (Å²) in [4.78, 5) is 20.1. The van der Waals surface area contributed by atoms with Gasteiger partial charge in [0.1, 0.15) is 0 Å². The zero-order valence-electron chi connectivity index (χ0n) is 13.5. The van der Waals surface area contributed by atoms with Crippen LogP contribution >= 0.6 is 11.8 Å². The second-order valence-corrected chi connectivity index (χ2v) is 6.71. The van der Waals surface area contributed by atoms with Crippen LogP contribution in [0, 0.1) is 0 Å². The molecule has 1 N–H and O–H groups in total. The molecule has 0 unspecified atom stereocenters. The van der Waals surface area contributed by atoms with Crippen molar-refractivity contribution in [2.45, 2.75) is 5.16 Å². The smallest absolute Gasteiger partial charge is 0.173 e. The first-order valence-corrected chi connectivity index (χ1v) is 9.03. The van der Waals surface area contributed by atoms with Crippen molar-refractivity contribution in [3.63, 3.8) is 0 Å². The lowest BCUT2D eigenvalue weighted by Gasteiger charge is -2.02. The Bertz CT molecular complexity index is 1020. The summed E-state index contributed by atoms with van der Waals surface area (Å²) in [7, 11) is 0. The van der Waals surface area contributed by atoms with Crippen LogP contribution in [0.2, 0.25) is 0 Å². The minimum Gasteiger partial charge on any atom is -0.333 e. The Kier molecular flexibility index (Phi) is 4.36.